The molecule has 0 fully saturated rings. The summed E-state index contributed by atoms with van der Waals surface area (Å²) in [6.07, 6.45) is 0. The number of halogens is 2. The van der Waals surface area contributed by atoms with Gasteiger partial charge in [0.15, 0.2) is 11.2 Å². The summed E-state index contributed by atoms with van der Waals surface area (Å²) < 4.78 is 4.01. The van der Waals surface area contributed by atoms with Crippen molar-refractivity contribution in [2.24, 2.45) is 14.1 Å². The van der Waals surface area contributed by atoms with E-state index in [0.717, 1.165) is 10.1 Å². The Kier molecular flexibility index (Phi) is 5.99. The number of carbonyl (C=O) groups excluding carboxylic acids is 1. The Morgan fingerprint density at radius 2 is 1.86 bits per heavy atom. The van der Waals surface area contributed by atoms with Crippen LogP contribution in [0.2, 0.25) is 10.0 Å². The summed E-state index contributed by atoms with van der Waals surface area (Å²) in [4.78, 5) is 40.6. The highest BCUT2D eigenvalue weighted by molar-refractivity contribution is 6.35. The molecule has 0 aliphatic carbocycles. The molecule has 0 radical (unpaired) electrons. The van der Waals surface area contributed by atoms with E-state index in [0.29, 0.717) is 29.1 Å². The molecule has 9 nitrogen and oxygen atoms in total. The lowest BCUT2D eigenvalue weighted by Crippen LogP contribution is -2.37. The Morgan fingerprint density at radius 1 is 1.14 bits per heavy atom. The summed E-state index contributed by atoms with van der Waals surface area (Å²) in [6.45, 7) is 2.42. The fourth-order valence-electron chi connectivity index (χ4n) is 2.97. The van der Waals surface area contributed by atoms with Crippen LogP contribution < -0.4 is 21.9 Å². The van der Waals surface area contributed by atoms with Gasteiger partial charge in [-0.15, -0.1) is 0 Å². The van der Waals surface area contributed by atoms with Gasteiger partial charge in [-0.2, -0.15) is 4.98 Å². The zero-order chi connectivity index (χ0) is 21.3. The van der Waals surface area contributed by atoms with Gasteiger partial charge >= 0.3 is 5.69 Å². The fourth-order valence-corrected chi connectivity index (χ4v) is 3.44. The van der Waals surface area contributed by atoms with Crippen molar-refractivity contribution >= 4 is 46.2 Å². The van der Waals surface area contributed by atoms with Gasteiger partial charge in [-0.3, -0.25) is 23.3 Å². The Hall–Kier alpha value is -2.78. The van der Waals surface area contributed by atoms with Gasteiger partial charge in [-0.25, -0.2) is 4.79 Å². The molecule has 0 atom stereocenters. The van der Waals surface area contributed by atoms with Crippen LogP contribution in [0.5, 0.6) is 0 Å². The number of hydrogen-bond acceptors (Lipinski definition) is 5. The van der Waals surface area contributed by atoms with E-state index in [4.69, 9.17) is 23.2 Å². The Bertz CT molecular complexity index is 1210. The molecular weight excluding hydrogens is 419 g/mol. The molecule has 1 amide bonds. The molecule has 0 bridgehead atoms. The first-order valence-electron chi connectivity index (χ1n) is 8.79. The lowest BCUT2D eigenvalue weighted by Gasteiger charge is -2.12. The van der Waals surface area contributed by atoms with Crippen LogP contribution in [0.25, 0.3) is 11.2 Å². The molecule has 0 unspecified atom stereocenters. The molecule has 3 rings (SSSR count). The molecule has 154 valence electrons. The predicted molar refractivity (Wildman–Crippen MR) is 113 cm³/mol. The van der Waals surface area contributed by atoms with Gasteiger partial charge in [0.1, 0.15) is 0 Å². The minimum atomic E-state index is -0.471. The second kappa shape index (κ2) is 8.30. The number of amides is 1. The Morgan fingerprint density at radius 3 is 2.52 bits per heavy atom. The quantitative estimate of drug-likeness (QED) is 0.565. The summed E-state index contributed by atoms with van der Waals surface area (Å²) >= 11 is 12.3. The third-order valence-electron chi connectivity index (χ3n) is 4.47. The molecule has 1 aromatic carbocycles. The van der Waals surface area contributed by atoms with Crippen molar-refractivity contribution in [3.05, 3.63) is 54.6 Å². The van der Waals surface area contributed by atoms with Crippen LogP contribution in [0, 0.1) is 0 Å². The molecule has 2 aromatic heterocycles. The molecular formula is C18H20Cl2N6O3. The molecule has 0 saturated heterocycles. The van der Waals surface area contributed by atoms with Crippen molar-refractivity contribution in [3.63, 3.8) is 0 Å². The number of hydrogen-bond donors (Lipinski definition) is 2. The maximum atomic E-state index is 12.8. The summed E-state index contributed by atoms with van der Waals surface area (Å²) in [7, 11) is 2.97. The SMILES string of the molecule is CC(=O)NCCNc1nc2c(c(=O)n(C)c(=O)n2C)n1Cc1ccc(Cl)cc1Cl. The maximum Gasteiger partial charge on any atom is 0.332 e. The highest BCUT2D eigenvalue weighted by Gasteiger charge is 2.20. The summed E-state index contributed by atoms with van der Waals surface area (Å²) in [5, 5.41) is 6.74. The van der Waals surface area contributed by atoms with E-state index in [1.807, 2.05) is 0 Å². The van der Waals surface area contributed by atoms with Crippen molar-refractivity contribution in [1.82, 2.24) is 24.0 Å². The number of nitrogens with one attached hydrogen (secondary N) is 2. The molecule has 11 heteroatoms. The number of aromatic nitrogens is 4. The third kappa shape index (κ3) is 4.15. The first kappa shape index (κ1) is 20.9. The lowest BCUT2D eigenvalue weighted by atomic mass is 10.2. The van der Waals surface area contributed by atoms with Gasteiger partial charge in [0.2, 0.25) is 11.9 Å². The van der Waals surface area contributed by atoms with E-state index < -0.39 is 11.2 Å². The van der Waals surface area contributed by atoms with E-state index in [1.165, 1.54) is 18.5 Å². The van der Waals surface area contributed by atoms with Crippen LogP contribution in [0.15, 0.2) is 27.8 Å². The normalized spacial score (nSPS) is 11.1. The van der Waals surface area contributed by atoms with Crippen LogP contribution in [-0.2, 0) is 25.4 Å². The van der Waals surface area contributed by atoms with Crippen molar-refractivity contribution in [2.45, 2.75) is 13.5 Å². The van der Waals surface area contributed by atoms with Gasteiger partial charge in [-0.05, 0) is 17.7 Å². The highest BCUT2D eigenvalue weighted by atomic mass is 35.5. The first-order chi connectivity index (χ1) is 13.7. The van der Waals surface area contributed by atoms with Crippen LogP contribution in [0.1, 0.15) is 12.5 Å². The predicted octanol–water partition coefficient (Wildman–Crippen LogP) is 1.34. The molecule has 0 aliphatic rings. The minimum absolute atomic E-state index is 0.149. The molecule has 29 heavy (non-hydrogen) atoms. The highest BCUT2D eigenvalue weighted by Crippen LogP contribution is 2.24. The Balaban J connectivity index is 2.12. The van der Waals surface area contributed by atoms with Crippen molar-refractivity contribution in [1.29, 1.82) is 0 Å². The zero-order valence-corrected chi connectivity index (χ0v) is 17.6. The summed E-state index contributed by atoms with van der Waals surface area (Å²) in [5.41, 5.74) is 0.320. The van der Waals surface area contributed by atoms with E-state index in [2.05, 4.69) is 15.6 Å². The fraction of sp³-hybridized carbons (Fsp3) is 0.333. The average Bonchev–Trinajstić information content (AvgIpc) is 3.02. The second-order valence-electron chi connectivity index (χ2n) is 6.55. The summed E-state index contributed by atoms with van der Waals surface area (Å²) in [5.74, 6) is 0.235. The molecule has 2 heterocycles. The molecule has 0 spiro atoms. The van der Waals surface area contributed by atoms with E-state index >= 15 is 0 Å². The van der Waals surface area contributed by atoms with Gasteiger partial charge < -0.3 is 10.6 Å². The van der Waals surface area contributed by atoms with E-state index in [-0.39, 0.29) is 23.6 Å². The standard InChI is InChI=1S/C18H20Cl2N6O3/c1-10(27)21-6-7-22-17-23-15-14(16(28)25(3)18(29)24(15)2)26(17)9-11-4-5-12(19)8-13(11)20/h4-5,8H,6-7,9H2,1-3H3,(H,21,27)(H,22,23). The smallest absolute Gasteiger partial charge is 0.332 e. The molecule has 3 aromatic rings. The second-order valence-corrected chi connectivity index (χ2v) is 7.39. The zero-order valence-electron chi connectivity index (χ0n) is 16.1. The number of benzene rings is 1. The lowest BCUT2D eigenvalue weighted by molar-refractivity contribution is -0.118. The van der Waals surface area contributed by atoms with Gasteiger partial charge in [-0.1, -0.05) is 29.3 Å². The van der Waals surface area contributed by atoms with Gasteiger partial charge in [0.05, 0.1) is 6.54 Å². The summed E-state index contributed by atoms with van der Waals surface area (Å²) in [6, 6.07) is 5.10. The maximum absolute atomic E-state index is 12.8. The van der Waals surface area contributed by atoms with Crippen molar-refractivity contribution in [3.8, 4) is 0 Å². The van der Waals surface area contributed by atoms with E-state index in [1.54, 1.807) is 29.8 Å². The van der Waals surface area contributed by atoms with Gasteiger partial charge in [0.25, 0.3) is 5.56 Å². The van der Waals surface area contributed by atoms with Crippen LogP contribution in [0.4, 0.5) is 5.95 Å². The number of nitrogens with zero attached hydrogens (tertiary/aromatic N) is 4. The number of imidazole rings is 1. The topological polar surface area (TPSA) is 103 Å². The monoisotopic (exact) mass is 438 g/mol. The van der Waals surface area contributed by atoms with E-state index in [9.17, 15) is 14.4 Å². The number of aryl methyl sites for hydroxylation is 1. The molecule has 0 aliphatic heterocycles. The Labute approximate surface area is 175 Å². The van der Waals surface area contributed by atoms with Gasteiger partial charge in [0, 0.05) is 44.2 Å². The van der Waals surface area contributed by atoms with Crippen molar-refractivity contribution < 1.29 is 4.79 Å². The van der Waals surface area contributed by atoms with Crippen LogP contribution in [0.3, 0.4) is 0 Å². The first-order valence-corrected chi connectivity index (χ1v) is 9.54. The number of fused-ring (bicyclic) bond motifs is 1. The van der Waals surface area contributed by atoms with Crippen LogP contribution in [-0.4, -0.2) is 37.7 Å². The average molecular weight is 439 g/mol. The number of rotatable bonds is 6. The number of anilines is 1. The molecule has 2 N–H and O–H groups in total. The number of carbonyl (C=O) groups is 1. The molecule has 0 saturated carbocycles. The minimum Gasteiger partial charge on any atom is -0.355 e. The third-order valence-corrected chi connectivity index (χ3v) is 5.06. The van der Waals surface area contributed by atoms with Crippen LogP contribution >= 0.6 is 23.2 Å². The van der Waals surface area contributed by atoms with Crippen molar-refractivity contribution in [2.75, 3.05) is 18.4 Å². The largest absolute Gasteiger partial charge is 0.355 e.